The molecular formula is C22H25N5O2. The molecule has 2 aromatic rings. The summed E-state index contributed by atoms with van der Waals surface area (Å²) in [5, 5.41) is 30.2. The van der Waals surface area contributed by atoms with E-state index < -0.39 is 11.5 Å². The van der Waals surface area contributed by atoms with E-state index in [1.165, 1.54) is 5.56 Å². The molecule has 1 saturated heterocycles. The largest absolute Gasteiger partial charge is 0.389 e. The van der Waals surface area contributed by atoms with Gasteiger partial charge in [-0.15, -0.1) is 10.2 Å². The Morgan fingerprint density at radius 3 is 2.48 bits per heavy atom. The highest BCUT2D eigenvalue weighted by atomic mass is 16.3. The Labute approximate surface area is 170 Å². The van der Waals surface area contributed by atoms with Gasteiger partial charge in [0, 0.05) is 13.1 Å². The molecule has 2 heterocycles. The number of carbonyl (C=O) groups is 1. The Morgan fingerprint density at radius 1 is 1.21 bits per heavy atom. The summed E-state index contributed by atoms with van der Waals surface area (Å²) >= 11 is 0. The van der Waals surface area contributed by atoms with E-state index in [1.54, 1.807) is 12.1 Å². The lowest BCUT2D eigenvalue weighted by Gasteiger charge is -2.22. The van der Waals surface area contributed by atoms with Crippen molar-refractivity contribution in [2.24, 2.45) is 0 Å². The Morgan fingerprint density at radius 2 is 1.93 bits per heavy atom. The summed E-state index contributed by atoms with van der Waals surface area (Å²) in [4.78, 5) is 14.9. The molecule has 1 aliphatic carbocycles. The fraction of sp³-hybridized carbons (Fsp3) is 0.455. The molecule has 2 atom stereocenters. The quantitative estimate of drug-likeness (QED) is 0.807. The second-order valence-electron chi connectivity index (χ2n) is 8.30. The predicted molar refractivity (Wildman–Crippen MR) is 108 cm³/mol. The van der Waals surface area contributed by atoms with Gasteiger partial charge in [0.1, 0.15) is 6.07 Å². The normalized spacial score (nSPS) is 22.4. The number of rotatable bonds is 5. The van der Waals surface area contributed by atoms with Crippen LogP contribution in [-0.2, 0) is 10.2 Å². The summed E-state index contributed by atoms with van der Waals surface area (Å²) in [5.41, 5.74) is 2.08. The number of carbonyl (C=O) groups excluding carboxylic acids is 1. The van der Waals surface area contributed by atoms with Crippen LogP contribution in [0.25, 0.3) is 0 Å². The first-order chi connectivity index (χ1) is 13.9. The maximum Gasteiger partial charge on any atom is 0.231 e. The molecule has 1 aliphatic heterocycles. The van der Waals surface area contributed by atoms with Gasteiger partial charge in [-0.05, 0) is 42.0 Å². The van der Waals surface area contributed by atoms with Crippen LogP contribution in [0.1, 0.15) is 49.4 Å². The molecule has 0 radical (unpaired) electrons. The number of hydrogen-bond donors (Lipinski definition) is 2. The average molecular weight is 391 g/mol. The molecule has 7 nitrogen and oxygen atoms in total. The minimum Gasteiger partial charge on any atom is -0.389 e. The lowest BCUT2D eigenvalue weighted by atomic mass is 9.92. The molecule has 1 saturated carbocycles. The van der Waals surface area contributed by atoms with Gasteiger partial charge in [-0.3, -0.25) is 4.79 Å². The summed E-state index contributed by atoms with van der Waals surface area (Å²) in [6, 6.07) is 13.2. The number of aromatic nitrogens is 2. The summed E-state index contributed by atoms with van der Waals surface area (Å²) < 4.78 is 0. The fourth-order valence-corrected chi connectivity index (χ4v) is 3.93. The van der Waals surface area contributed by atoms with Gasteiger partial charge in [-0.1, -0.05) is 38.1 Å². The van der Waals surface area contributed by atoms with Crippen LogP contribution in [0, 0.1) is 11.3 Å². The van der Waals surface area contributed by atoms with Gasteiger partial charge in [0.05, 0.1) is 17.6 Å². The van der Waals surface area contributed by atoms with E-state index in [0.717, 1.165) is 18.4 Å². The molecule has 2 N–H and O–H groups in total. The molecule has 0 spiro atoms. The smallest absolute Gasteiger partial charge is 0.231 e. The number of β-amino-alcohol motifs (C(OH)–C–C–N with tert-alkyl or cyclic N) is 1. The summed E-state index contributed by atoms with van der Waals surface area (Å²) in [6.07, 6.45) is 0.969. The summed E-state index contributed by atoms with van der Waals surface area (Å²) in [7, 11) is 0. The Hall–Kier alpha value is -2.98. The maximum atomic E-state index is 13.1. The monoisotopic (exact) mass is 391 g/mol. The topological polar surface area (TPSA) is 102 Å². The van der Waals surface area contributed by atoms with E-state index in [0.29, 0.717) is 24.8 Å². The van der Waals surface area contributed by atoms with Crippen LogP contribution in [0.3, 0.4) is 0 Å². The molecule has 7 heteroatoms. The minimum atomic E-state index is -0.685. The summed E-state index contributed by atoms with van der Waals surface area (Å²) in [6.45, 7) is 5.12. The lowest BCUT2D eigenvalue weighted by Crippen LogP contribution is -2.47. The number of benzene rings is 1. The van der Waals surface area contributed by atoms with Crippen molar-refractivity contribution >= 4 is 11.7 Å². The van der Waals surface area contributed by atoms with E-state index in [2.05, 4.69) is 53.6 Å². The highest BCUT2D eigenvalue weighted by molar-refractivity contribution is 5.91. The maximum absolute atomic E-state index is 13.1. The van der Waals surface area contributed by atoms with Gasteiger partial charge in [-0.2, -0.15) is 5.26 Å². The van der Waals surface area contributed by atoms with Crippen molar-refractivity contribution in [3.8, 4) is 6.07 Å². The molecule has 0 bridgehead atoms. The number of amides is 1. The number of nitriles is 1. The van der Waals surface area contributed by atoms with E-state index >= 15 is 0 Å². The van der Waals surface area contributed by atoms with E-state index in [1.807, 2.05) is 11.0 Å². The minimum absolute atomic E-state index is 0.0217. The van der Waals surface area contributed by atoms with Gasteiger partial charge in [0.2, 0.25) is 5.91 Å². The molecule has 150 valence electrons. The van der Waals surface area contributed by atoms with Gasteiger partial charge < -0.3 is 15.3 Å². The van der Waals surface area contributed by atoms with Crippen molar-refractivity contribution < 1.29 is 9.90 Å². The van der Waals surface area contributed by atoms with Crippen molar-refractivity contribution in [1.82, 2.24) is 15.5 Å². The number of nitrogens with one attached hydrogen (secondary N) is 1. The number of nitrogens with zero attached hydrogens (tertiary/aromatic N) is 4. The molecule has 1 aromatic heterocycles. The van der Waals surface area contributed by atoms with Crippen molar-refractivity contribution in [3.05, 3.63) is 53.2 Å². The highest BCUT2D eigenvalue weighted by Crippen LogP contribution is 2.48. The first-order valence-corrected chi connectivity index (χ1v) is 10.0. The fourth-order valence-electron chi connectivity index (χ4n) is 3.93. The van der Waals surface area contributed by atoms with Crippen LogP contribution in [0.15, 0.2) is 36.4 Å². The molecule has 2 unspecified atom stereocenters. The zero-order chi connectivity index (χ0) is 20.6. The second kappa shape index (κ2) is 7.45. The third-order valence-electron chi connectivity index (χ3n) is 6.01. The van der Waals surface area contributed by atoms with Gasteiger partial charge in [-0.25, -0.2) is 0 Å². The second-order valence-corrected chi connectivity index (χ2v) is 8.30. The Kier molecular flexibility index (Phi) is 4.97. The molecule has 4 rings (SSSR count). The third-order valence-corrected chi connectivity index (χ3v) is 6.01. The van der Waals surface area contributed by atoms with Crippen LogP contribution < -0.4 is 10.2 Å². The van der Waals surface area contributed by atoms with Crippen molar-refractivity contribution in [2.45, 2.75) is 50.2 Å². The van der Waals surface area contributed by atoms with Gasteiger partial charge in [0.15, 0.2) is 11.5 Å². The van der Waals surface area contributed by atoms with Gasteiger partial charge >= 0.3 is 0 Å². The number of aliphatic hydroxyl groups excluding tert-OH is 1. The number of anilines is 1. The zero-order valence-electron chi connectivity index (χ0n) is 16.7. The highest BCUT2D eigenvalue weighted by Gasteiger charge is 2.52. The third kappa shape index (κ3) is 3.68. The standard InChI is InChI=1S/C22H25N5O2/c1-14(2)15-3-5-16(6-4-15)22(9-10-22)21(29)24-18-12-27(13-19(18)28)20-8-7-17(11-23)25-26-20/h3-8,14,18-19,28H,9-10,12-13H2,1-2H3,(H,24,29). The van der Waals surface area contributed by atoms with E-state index in [9.17, 15) is 9.90 Å². The molecular weight excluding hydrogens is 366 g/mol. The first-order valence-electron chi connectivity index (χ1n) is 10.0. The Bertz CT molecular complexity index is 929. The molecule has 29 heavy (non-hydrogen) atoms. The predicted octanol–water partition coefficient (Wildman–Crippen LogP) is 1.87. The van der Waals surface area contributed by atoms with Crippen LogP contribution >= 0.6 is 0 Å². The average Bonchev–Trinajstić information content (AvgIpc) is 3.47. The van der Waals surface area contributed by atoms with Crippen LogP contribution in [-0.4, -0.2) is 46.4 Å². The van der Waals surface area contributed by atoms with Crippen LogP contribution in [0.5, 0.6) is 0 Å². The van der Waals surface area contributed by atoms with Gasteiger partial charge in [0.25, 0.3) is 0 Å². The zero-order valence-corrected chi connectivity index (χ0v) is 16.7. The number of aliphatic hydroxyl groups is 1. The van der Waals surface area contributed by atoms with Crippen molar-refractivity contribution in [3.63, 3.8) is 0 Å². The van der Waals surface area contributed by atoms with Crippen molar-refractivity contribution in [2.75, 3.05) is 18.0 Å². The van der Waals surface area contributed by atoms with E-state index in [-0.39, 0.29) is 17.6 Å². The number of hydrogen-bond acceptors (Lipinski definition) is 6. The SMILES string of the molecule is CC(C)c1ccc(C2(C(=O)NC3CN(c4ccc(C#N)nn4)CC3O)CC2)cc1. The van der Waals surface area contributed by atoms with E-state index in [4.69, 9.17) is 5.26 Å². The molecule has 2 fully saturated rings. The van der Waals surface area contributed by atoms with Crippen LogP contribution in [0.4, 0.5) is 5.82 Å². The van der Waals surface area contributed by atoms with Crippen molar-refractivity contribution in [1.29, 1.82) is 5.26 Å². The molecule has 1 aromatic carbocycles. The van der Waals surface area contributed by atoms with Crippen LogP contribution in [0.2, 0.25) is 0 Å². The summed E-state index contributed by atoms with van der Waals surface area (Å²) in [5.74, 6) is 1.02. The lowest BCUT2D eigenvalue weighted by molar-refractivity contribution is -0.124. The first kappa shape index (κ1) is 19.3. The Balaban J connectivity index is 1.43. The molecule has 2 aliphatic rings. The molecule has 1 amide bonds.